The minimum absolute atomic E-state index is 0.224. The lowest BCUT2D eigenvalue weighted by molar-refractivity contribution is 0.0958. The van der Waals surface area contributed by atoms with Gasteiger partial charge in [0.05, 0.1) is 16.9 Å². The van der Waals surface area contributed by atoms with Gasteiger partial charge in [-0.1, -0.05) is 53.1 Å². The molecule has 1 aliphatic carbocycles. The van der Waals surface area contributed by atoms with Crippen LogP contribution in [0.3, 0.4) is 0 Å². The first-order valence-corrected chi connectivity index (χ1v) is 14.8. The zero-order valence-electron chi connectivity index (χ0n) is 23.0. The Bertz CT molecular complexity index is 1640. The molecule has 0 aliphatic heterocycles. The Balaban J connectivity index is 1.55. The summed E-state index contributed by atoms with van der Waals surface area (Å²) < 4.78 is 0. The molecular weight excluding hydrogens is 540 g/mol. The van der Waals surface area contributed by atoms with Gasteiger partial charge in [0.25, 0.3) is 11.8 Å². The molecule has 206 valence electrons. The van der Waals surface area contributed by atoms with Crippen molar-refractivity contribution in [3.05, 3.63) is 86.4 Å². The fourth-order valence-corrected chi connectivity index (χ4v) is 6.50. The number of hydrogen-bond donors (Lipinski definition) is 3. The molecule has 5 rings (SSSR count). The van der Waals surface area contributed by atoms with Crippen LogP contribution in [-0.2, 0) is 0 Å². The van der Waals surface area contributed by atoms with E-state index in [0.29, 0.717) is 49.2 Å². The lowest BCUT2D eigenvalue weighted by Gasteiger charge is -2.16. The maximum Gasteiger partial charge on any atom is 0.263 e. The number of nitrogen functional groups attached to an aromatic ring is 1. The first kappa shape index (κ1) is 27.9. The van der Waals surface area contributed by atoms with Gasteiger partial charge in [0.1, 0.15) is 9.71 Å². The van der Waals surface area contributed by atoms with E-state index in [1.807, 2.05) is 51.1 Å². The lowest BCUT2D eigenvalue weighted by atomic mass is 9.94. The van der Waals surface area contributed by atoms with Gasteiger partial charge >= 0.3 is 0 Å². The van der Waals surface area contributed by atoms with Gasteiger partial charge in [0, 0.05) is 28.2 Å². The van der Waals surface area contributed by atoms with E-state index in [4.69, 9.17) is 22.3 Å². The summed E-state index contributed by atoms with van der Waals surface area (Å²) in [6, 6.07) is 13.2. The van der Waals surface area contributed by atoms with E-state index in [9.17, 15) is 9.59 Å². The summed E-state index contributed by atoms with van der Waals surface area (Å²) in [4.78, 5) is 32.9. The first-order valence-electron chi connectivity index (χ1n) is 13.6. The van der Waals surface area contributed by atoms with E-state index >= 15 is 0 Å². The average Bonchev–Trinajstić information content (AvgIpc) is 3.26. The number of fused-ring (bicyclic) bond motifs is 1. The van der Waals surface area contributed by atoms with Crippen molar-refractivity contribution in [1.29, 1.82) is 0 Å². The normalized spacial score (nSPS) is 13.2. The molecule has 4 N–H and O–H groups in total. The Hall–Kier alpha value is -3.68. The Labute approximate surface area is 243 Å². The van der Waals surface area contributed by atoms with Crippen LogP contribution < -0.4 is 16.4 Å². The number of allylic oxidation sites excluding steroid dienone is 1. The van der Waals surface area contributed by atoms with Crippen LogP contribution in [0.2, 0.25) is 5.02 Å². The van der Waals surface area contributed by atoms with Crippen LogP contribution in [0.1, 0.15) is 69.0 Å². The molecule has 0 radical (unpaired) electrons. The third-order valence-corrected chi connectivity index (χ3v) is 8.72. The highest BCUT2D eigenvalue weighted by atomic mass is 35.5. The monoisotopic (exact) mass is 572 g/mol. The van der Waals surface area contributed by atoms with E-state index in [-0.39, 0.29) is 11.8 Å². The topological polar surface area (TPSA) is 97.1 Å². The third kappa shape index (κ3) is 5.76. The van der Waals surface area contributed by atoms with Gasteiger partial charge in [0.15, 0.2) is 0 Å². The SMILES string of the molecule is Cc1ccc(NC(=O)c2c(C)nc3sc(C(=O)NCCC4=CCCCC4)c(N)c3c2-c2ccc(Cl)cc2)c(C)c1. The third-order valence-electron chi connectivity index (χ3n) is 7.37. The smallest absolute Gasteiger partial charge is 0.263 e. The van der Waals surface area contributed by atoms with Gasteiger partial charge in [-0.3, -0.25) is 9.59 Å². The van der Waals surface area contributed by atoms with Crippen LogP contribution in [-0.4, -0.2) is 23.3 Å². The van der Waals surface area contributed by atoms with Gasteiger partial charge in [-0.25, -0.2) is 4.98 Å². The summed E-state index contributed by atoms with van der Waals surface area (Å²) in [6.07, 6.45) is 7.79. The summed E-state index contributed by atoms with van der Waals surface area (Å²) >= 11 is 7.45. The highest BCUT2D eigenvalue weighted by Gasteiger charge is 2.27. The molecule has 0 saturated heterocycles. The number of thiophene rings is 1. The van der Waals surface area contributed by atoms with Gasteiger partial charge in [-0.05, 0) is 82.2 Å². The predicted octanol–water partition coefficient (Wildman–Crippen LogP) is 8.00. The predicted molar refractivity (Wildman–Crippen MR) is 167 cm³/mol. The van der Waals surface area contributed by atoms with Crippen molar-refractivity contribution in [1.82, 2.24) is 10.3 Å². The number of anilines is 2. The van der Waals surface area contributed by atoms with E-state index in [1.54, 1.807) is 12.1 Å². The molecule has 1 aliphatic rings. The summed E-state index contributed by atoms with van der Waals surface area (Å²) in [5.41, 5.74) is 13.6. The fraction of sp³-hybridized carbons (Fsp3) is 0.281. The van der Waals surface area contributed by atoms with Crippen molar-refractivity contribution >= 4 is 56.3 Å². The minimum Gasteiger partial charge on any atom is -0.397 e. The number of hydrogen-bond acceptors (Lipinski definition) is 5. The highest BCUT2D eigenvalue weighted by molar-refractivity contribution is 7.21. The van der Waals surface area contributed by atoms with Crippen molar-refractivity contribution < 1.29 is 9.59 Å². The number of nitrogens with zero attached hydrogens (tertiary/aromatic N) is 1. The molecule has 0 bridgehead atoms. The van der Waals surface area contributed by atoms with Crippen LogP contribution >= 0.6 is 22.9 Å². The number of pyridine rings is 1. The Morgan fingerprint density at radius 1 is 1.05 bits per heavy atom. The van der Waals surface area contributed by atoms with E-state index in [0.717, 1.165) is 41.6 Å². The number of aromatic nitrogens is 1. The van der Waals surface area contributed by atoms with E-state index < -0.39 is 0 Å². The molecule has 40 heavy (non-hydrogen) atoms. The number of benzene rings is 2. The van der Waals surface area contributed by atoms with Crippen LogP contribution in [0, 0.1) is 20.8 Å². The molecule has 0 spiro atoms. The van der Waals surface area contributed by atoms with Crippen LogP contribution in [0.25, 0.3) is 21.3 Å². The maximum absolute atomic E-state index is 13.8. The van der Waals surface area contributed by atoms with Crippen molar-refractivity contribution in [2.45, 2.75) is 52.9 Å². The second-order valence-corrected chi connectivity index (χ2v) is 11.8. The van der Waals surface area contributed by atoms with Crippen LogP contribution in [0.5, 0.6) is 0 Å². The molecular formula is C32H33ClN4O2S. The number of carbonyl (C=O) groups excluding carboxylic acids is 2. The van der Waals surface area contributed by atoms with Crippen molar-refractivity contribution in [3.8, 4) is 11.1 Å². The molecule has 0 saturated carbocycles. The summed E-state index contributed by atoms with van der Waals surface area (Å²) in [5.74, 6) is -0.515. The summed E-state index contributed by atoms with van der Waals surface area (Å²) in [5, 5.41) is 7.28. The zero-order chi connectivity index (χ0) is 28.4. The lowest BCUT2D eigenvalue weighted by Crippen LogP contribution is -2.24. The number of aryl methyl sites for hydroxylation is 3. The molecule has 2 aromatic heterocycles. The fourth-order valence-electron chi connectivity index (χ4n) is 5.30. The molecule has 6 nitrogen and oxygen atoms in total. The Morgan fingerprint density at radius 3 is 2.52 bits per heavy atom. The quantitative estimate of drug-likeness (QED) is 0.195. The zero-order valence-corrected chi connectivity index (χ0v) is 24.6. The second kappa shape index (κ2) is 11.8. The van der Waals surface area contributed by atoms with Crippen molar-refractivity contribution in [2.24, 2.45) is 0 Å². The Morgan fingerprint density at radius 2 is 1.82 bits per heavy atom. The second-order valence-electron chi connectivity index (χ2n) is 10.4. The number of halogens is 1. The van der Waals surface area contributed by atoms with Crippen molar-refractivity contribution in [3.63, 3.8) is 0 Å². The molecule has 0 unspecified atom stereocenters. The highest BCUT2D eigenvalue weighted by Crippen LogP contribution is 2.42. The maximum atomic E-state index is 13.8. The molecule has 4 aromatic rings. The van der Waals surface area contributed by atoms with Gasteiger partial charge < -0.3 is 16.4 Å². The number of nitrogens with two attached hydrogens (primary N) is 1. The molecule has 0 atom stereocenters. The summed E-state index contributed by atoms with van der Waals surface area (Å²) in [7, 11) is 0. The number of rotatable bonds is 7. The molecule has 2 amide bonds. The number of nitrogens with one attached hydrogen (secondary N) is 2. The van der Waals surface area contributed by atoms with Gasteiger partial charge in [-0.15, -0.1) is 11.3 Å². The first-order chi connectivity index (χ1) is 19.2. The van der Waals surface area contributed by atoms with Crippen LogP contribution in [0.4, 0.5) is 11.4 Å². The van der Waals surface area contributed by atoms with E-state index in [2.05, 4.69) is 16.7 Å². The number of carbonyl (C=O) groups is 2. The average molecular weight is 573 g/mol. The molecule has 0 fully saturated rings. The minimum atomic E-state index is -0.291. The van der Waals surface area contributed by atoms with Gasteiger partial charge in [0.2, 0.25) is 0 Å². The molecule has 8 heteroatoms. The Kier molecular flexibility index (Phi) is 8.24. The van der Waals surface area contributed by atoms with E-state index in [1.165, 1.54) is 29.8 Å². The molecule has 2 heterocycles. The number of amides is 2. The standard InChI is InChI=1S/C32H33ClN4O2S/c1-18-9-14-24(19(2)17-18)37-30(38)25-20(3)36-32-27(26(25)22-10-12-23(33)13-11-22)28(34)29(40-32)31(39)35-16-15-21-7-5-4-6-8-21/h7,9-14,17H,4-6,8,15-16,34H2,1-3H3,(H,35,39)(H,37,38). The summed E-state index contributed by atoms with van der Waals surface area (Å²) in [6.45, 7) is 6.34. The largest absolute Gasteiger partial charge is 0.397 e. The van der Waals surface area contributed by atoms with Crippen LogP contribution in [0.15, 0.2) is 54.1 Å². The van der Waals surface area contributed by atoms with Gasteiger partial charge in [-0.2, -0.15) is 0 Å². The van der Waals surface area contributed by atoms with Crippen molar-refractivity contribution in [2.75, 3.05) is 17.6 Å². The molecule has 2 aromatic carbocycles.